The Bertz CT molecular complexity index is 1170. The van der Waals surface area contributed by atoms with Gasteiger partial charge in [-0.25, -0.2) is 4.98 Å². The van der Waals surface area contributed by atoms with E-state index in [1.54, 1.807) is 6.20 Å². The van der Waals surface area contributed by atoms with Crippen molar-refractivity contribution in [3.05, 3.63) is 51.8 Å². The third kappa shape index (κ3) is 5.60. The van der Waals surface area contributed by atoms with Gasteiger partial charge in [-0.2, -0.15) is 10.1 Å². The van der Waals surface area contributed by atoms with Gasteiger partial charge in [0.05, 0.1) is 6.20 Å². The summed E-state index contributed by atoms with van der Waals surface area (Å²) in [5.41, 5.74) is 5.93. The number of benzene rings is 1. The Labute approximate surface area is 211 Å². The molecule has 2 aromatic heterocycles. The zero-order chi connectivity index (χ0) is 24.4. The Morgan fingerprint density at radius 3 is 2.49 bits per heavy atom. The number of ether oxygens (including phenoxy) is 1. The molecular formula is C26H34ClN7O. The van der Waals surface area contributed by atoms with Crippen molar-refractivity contribution in [3.8, 4) is 0 Å². The molecule has 3 N–H and O–H groups in total. The lowest BCUT2D eigenvalue weighted by atomic mass is 9.85. The van der Waals surface area contributed by atoms with E-state index in [4.69, 9.17) is 16.3 Å². The normalized spacial score (nSPS) is 18.1. The van der Waals surface area contributed by atoms with Gasteiger partial charge in [-0.05, 0) is 88.2 Å². The SMILES string of the molecule is Cc1cc(Nc2nc(Nc3cc(C)c(C4CCN(C5CCOCC5)CC4)cc3C)ncc2Cl)n[nH]1. The molecule has 4 heterocycles. The van der Waals surface area contributed by atoms with Crippen LogP contribution in [0.25, 0.3) is 0 Å². The molecule has 2 fully saturated rings. The molecule has 2 saturated heterocycles. The molecule has 9 heteroatoms. The highest BCUT2D eigenvalue weighted by molar-refractivity contribution is 6.32. The third-order valence-corrected chi connectivity index (χ3v) is 7.51. The molecule has 0 aliphatic carbocycles. The first-order chi connectivity index (χ1) is 17.0. The number of halogens is 1. The Morgan fingerprint density at radius 2 is 1.77 bits per heavy atom. The van der Waals surface area contributed by atoms with Crippen molar-refractivity contribution in [1.29, 1.82) is 0 Å². The Morgan fingerprint density at radius 1 is 1.00 bits per heavy atom. The van der Waals surface area contributed by atoms with Crippen molar-refractivity contribution in [2.45, 2.75) is 58.4 Å². The number of aromatic nitrogens is 4. The molecule has 0 amide bonds. The van der Waals surface area contributed by atoms with Crippen LogP contribution in [0, 0.1) is 20.8 Å². The second-order valence-electron chi connectivity index (χ2n) is 9.75. The van der Waals surface area contributed by atoms with Gasteiger partial charge >= 0.3 is 0 Å². The first-order valence-electron chi connectivity index (χ1n) is 12.5. The van der Waals surface area contributed by atoms with Crippen LogP contribution in [0.1, 0.15) is 54.0 Å². The summed E-state index contributed by atoms with van der Waals surface area (Å²) in [5.74, 6) is 2.27. The van der Waals surface area contributed by atoms with Gasteiger partial charge in [0.2, 0.25) is 5.95 Å². The van der Waals surface area contributed by atoms with Gasteiger partial charge in [0.15, 0.2) is 11.6 Å². The fourth-order valence-corrected chi connectivity index (χ4v) is 5.42. The second kappa shape index (κ2) is 10.5. The number of aryl methyl sites for hydroxylation is 3. The average Bonchev–Trinajstić information content (AvgIpc) is 3.28. The first-order valence-corrected chi connectivity index (χ1v) is 12.9. The number of hydrogen-bond acceptors (Lipinski definition) is 7. The van der Waals surface area contributed by atoms with Crippen molar-refractivity contribution in [1.82, 2.24) is 25.1 Å². The minimum atomic E-state index is 0.437. The number of aromatic amines is 1. The van der Waals surface area contributed by atoms with E-state index in [2.05, 4.69) is 61.7 Å². The Hall–Kier alpha value is -2.68. The molecule has 8 nitrogen and oxygen atoms in total. The summed E-state index contributed by atoms with van der Waals surface area (Å²) in [6.07, 6.45) is 6.38. The maximum Gasteiger partial charge on any atom is 0.229 e. The van der Waals surface area contributed by atoms with E-state index >= 15 is 0 Å². The lowest BCUT2D eigenvalue weighted by molar-refractivity contribution is 0.0251. The highest BCUT2D eigenvalue weighted by atomic mass is 35.5. The van der Waals surface area contributed by atoms with Crippen LogP contribution in [0.2, 0.25) is 5.02 Å². The molecule has 0 unspecified atom stereocenters. The molecule has 0 saturated carbocycles. The number of nitrogens with zero attached hydrogens (tertiary/aromatic N) is 4. The lowest BCUT2D eigenvalue weighted by Gasteiger charge is -2.39. The molecule has 2 aliphatic heterocycles. The molecule has 186 valence electrons. The quantitative estimate of drug-likeness (QED) is 0.408. The number of H-pyrrole nitrogens is 1. The van der Waals surface area contributed by atoms with Crippen molar-refractivity contribution in [2.75, 3.05) is 36.9 Å². The number of likely N-dealkylation sites (tertiary alicyclic amines) is 1. The highest BCUT2D eigenvalue weighted by Crippen LogP contribution is 2.35. The van der Waals surface area contributed by atoms with Crippen molar-refractivity contribution in [2.24, 2.45) is 0 Å². The molecule has 3 aromatic rings. The minimum Gasteiger partial charge on any atom is -0.381 e. The Balaban J connectivity index is 1.26. The fourth-order valence-electron chi connectivity index (χ4n) is 5.28. The standard InChI is InChI=1S/C26H34ClN7O/c1-16-13-23(29-26-28-15-22(27)25(31-26)30-24-14-18(3)32-33-24)17(2)12-21(16)19-4-8-34(9-5-19)20-6-10-35-11-7-20/h12-15,19-20H,4-11H2,1-3H3,(H3,28,29,30,31,32,33). The van der Waals surface area contributed by atoms with E-state index in [-0.39, 0.29) is 0 Å². The van der Waals surface area contributed by atoms with Gasteiger partial charge in [-0.15, -0.1) is 0 Å². The first kappa shape index (κ1) is 24.0. The summed E-state index contributed by atoms with van der Waals surface area (Å²) in [6, 6.07) is 7.16. The molecule has 0 spiro atoms. The number of rotatable bonds is 6. The molecule has 2 aliphatic rings. The second-order valence-corrected chi connectivity index (χ2v) is 10.2. The summed E-state index contributed by atoms with van der Waals surface area (Å²) in [6.45, 7) is 10.5. The van der Waals surface area contributed by atoms with Crippen LogP contribution in [0.15, 0.2) is 24.4 Å². The third-order valence-electron chi connectivity index (χ3n) is 7.23. The fraction of sp³-hybridized carbons (Fsp3) is 0.500. The van der Waals surface area contributed by atoms with E-state index in [9.17, 15) is 0 Å². The van der Waals surface area contributed by atoms with Crippen molar-refractivity contribution in [3.63, 3.8) is 0 Å². The van der Waals surface area contributed by atoms with Gasteiger partial charge in [-0.3, -0.25) is 5.10 Å². The van der Waals surface area contributed by atoms with Crippen LogP contribution in [-0.4, -0.2) is 57.4 Å². The molecule has 0 atom stereocenters. The summed E-state index contributed by atoms with van der Waals surface area (Å²) in [7, 11) is 0. The largest absolute Gasteiger partial charge is 0.381 e. The molecule has 5 rings (SSSR count). The van der Waals surface area contributed by atoms with E-state index in [0.29, 0.717) is 34.6 Å². The van der Waals surface area contributed by atoms with Crippen LogP contribution in [-0.2, 0) is 4.74 Å². The monoisotopic (exact) mass is 495 g/mol. The molecule has 1 aromatic carbocycles. The number of piperidine rings is 1. The van der Waals surface area contributed by atoms with Gasteiger partial charge in [0, 0.05) is 36.7 Å². The van der Waals surface area contributed by atoms with Gasteiger partial charge < -0.3 is 20.3 Å². The van der Waals surface area contributed by atoms with E-state index in [0.717, 1.165) is 24.6 Å². The summed E-state index contributed by atoms with van der Waals surface area (Å²) in [5, 5.41) is 14.1. The van der Waals surface area contributed by atoms with Crippen LogP contribution in [0.3, 0.4) is 0 Å². The van der Waals surface area contributed by atoms with Crippen molar-refractivity contribution < 1.29 is 4.74 Å². The summed E-state index contributed by atoms with van der Waals surface area (Å²) < 4.78 is 5.55. The van der Waals surface area contributed by atoms with Crippen molar-refractivity contribution >= 4 is 34.9 Å². The van der Waals surface area contributed by atoms with Gasteiger partial charge in [-0.1, -0.05) is 17.7 Å². The van der Waals surface area contributed by atoms with E-state index in [1.807, 2.05) is 13.0 Å². The predicted molar refractivity (Wildman–Crippen MR) is 140 cm³/mol. The molecule has 0 radical (unpaired) electrons. The Kier molecular flexibility index (Phi) is 7.22. The molecule has 0 bridgehead atoms. The van der Waals surface area contributed by atoms with Gasteiger partial charge in [0.1, 0.15) is 5.02 Å². The van der Waals surface area contributed by atoms with Crippen LogP contribution in [0.5, 0.6) is 0 Å². The summed E-state index contributed by atoms with van der Waals surface area (Å²) in [4.78, 5) is 11.6. The van der Waals surface area contributed by atoms with E-state index < -0.39 is 0 Å². The zero-order valence-electron chi connectivity index (χ0n) is 20.7. The topological polar surface area (TPSA) is 91.0 Å². The number of anilines is 4. The highest BCUT2D eigenvalue weighted by Gasteiger charge is 2.28. The average molecular weight is 496 g/mol. The molecular weight excluding hydrogens is 462 g/mol. The van der Waals surface area contributed by atoms with Gasteiger partial charge in [0.25, 0.3) is 0 Å². The predicted octanol–water partition coefficient (Wildman–Crippen LogP) is 5.62. The maximum atomic E-state index is 6.32. The summed E-state index contributed by atoms with van der Waals surface area (Å²) >= 11 is 6.32. The lowest BCUT2D eigenvalue weighted by Crippen LogP contribution is -2.43. The van der Waals surface area contributed by atoms with Crippen LogP contribution >= 0.6 is 11.6 Å². The smallest absolute Gasteiger partial charge is 0.229 e. The van der Waals surface area contributed by atoms with E-state index in [1.165, 1.54) is 55.5 Å². The van der Waals surface area contributed by atoms with Crippen LogP contribution < -0.4 is 10.6 Å². The van der Waals surface area contributed by atoms with Crippen LogP contribution in [0.4, 0.5) is 23.3 Å². The maximum absolute atomic E-state index is 6.32. The molecule has 35 heavy (non-hydrogen) atoms. The number of nitrogens with one attached hydrogen (secondary N) is 3. The zero-order valence-corrected chi connectivity index (χ0v) is 21.5. The minimum absolute atomic E-state index is 0.437. The number of hydrogen-bond donors (Lipinski definition) is 3.